The summed E-state index contributed by atoms with van der Waals surface area (Å²) in [5.41, 5.74) is 6.67. The Morgan fingerprint density at radius 3 is 2.72 bits per heavy atom. The van der Waals surface area contributed by atoms with Crippen molar-refractivity contribution in [3.63, 3.8) is 0 Å². The quantitative estimate of drug-likeness (QED) is 0.467. The average Bonchev–Trinajstić information content (AvgIpc) is 2.36. The van der Waals surface area contributed by atoms with Crippen LogP contribution in [0.15, 0.2) is 22.7 Å². The Balaban J connectivity index is 2.35. The normalized spacial score (nSPS) is 10.3. The fourth-order valence-electron chi connectivity index (χ4n) is 1.66. The molecule has 0 unspecified atom stereocenters. The van der Waals surface area contributed by atoms with E-state index < -0.39 is 0 Å². The van der Waals surface area contributed by atoms with Crippen molar-refractivity contribution in [3.8, 4) is 0 Å². The number of rotatable bonds is 7. The summed E-state index contributed by atoms with van der Waals surface area (Å²) in [7, 11) is 0. The molecule has 18 heavy (non-hydrogen) atoms. The molecule has 4 heteroatoms. The van der Waals surface area contributed by atoms with Crippen LogP contribution >= 0.6 is 15.9 Å². The highest BCUT2D eigenvalue weighted by Crippen LogP contribution is 2.23. The topological polar surface area (TPSA) is 52.3 Å². The lowest BCUT2D eigenvalue weighted by molar-refractivity contribution is 0.0499. The SMILES string of the molecule is CCCCCCCOC(=O)c1cccc(Br)c1N. The van der Waals surface area contributed by atoms with E-state index in [9.17, 15) is 4.79 Å². The van der Waals surface area contributed by atoms with Gasteiger partial charge < -0.3 is 10.5 Å². The van der Waals surface area contributed by atoms with Crippen LogP contribution in [0.5, 0.6) is 0 Å². The van der Waals surface area contributed by atoms with E-state index in [1.807, 2.05) is 0 Å². The summed E-state index contributed by atoms with van der Waals surface area (Å²) in [5, 5.41) is 0. The van der Waals surface area contributed by atoms with E-state index in [0.717, 1.165) is 17.3 Å². The third-order valence-electron chi connectivity index (χ3n) is 2.75. The summed E-state index contributed by atoms with van der Waals surface area (Å²) in [6, 6.07) is 5.26. The Bertz CT molecular complexity index is 393. The Morgan fingerprint density at radius 2 is 2.00 bits per heavy atom. The second-order valence-electron chi connectivity index (χ2n) is 4.25. The summed E-state index contributed by atoms with van der Waals surface area (Å²) < 4.78 is 5.93. The Labute approximate surface area is 117 Å². The first-order valence-electron chi connectivity index (χ1n) is 6.38. The third kappa shape index (κ3) is 4.69. The van der Waals surface area contributed by atoms with Crippen LogP contribution in [0.4, 0.5) is 5.69 Å². The van der Waals surface area contributed by atoms with Gasteiger partial charge in [-0.05, 0) is 34.5 Å². The smallest absolute Gasteiger partial charge is 0.340 e. The second kappa shape index (κ2) is 8.14. The lowest BCUT2D eigenvalue weighted by atomic mass is 10.1. The first-order valence-corrected chi connectivity index (χ1v) is 7.17. The van der Waals surface area contributed by atoms with Crippen LogP contribution < -0.4 is 5.73 Å². The number of nitrogens with two attached hydrogens (primary N) is 1. The molecule has 0 spiro atoms. The number of ether oxygens (including phenoxy) is 1. The van der Waals surface area contributed by atoms with Gasteiger partial charge in [0.2, 0.25) is 0 Å². The van der Waals surface area contributed by atoms with Gasteiger partial charge in [-0.3, -0.25) is 0 Å². The molecule has 1 aromatic rings. The van der Waals surface area contributed by atoms with Crippen molar-refractivity contribution in [2.75, 3.05) is 12.3 Å². The number of carbonyl (C=O) groups is 1. The first-order chi connectivity index (χ1) is 8.66. The van der Waals surface area contributed by atoms with E-state index in [4.69, 9.17) is 10.5 Å². The lowest BCUT2D eigenvalue weighted by Gasteiger charge is -2.08. The van der Waals surface area contributed by atoms with Gasteiger partial charge >= 0.3 is 5.97 Å². The molecule has 100 valence electrons. The van der Waals surface area contributed by atoms with E-state index in [1.54, 1.807) is 18.2 Å². The highest BCUT2D eigenvalue weighted by Gasteiger charge is 2.12. The zero-order chi connectivity index (χ0) is 13.4. The molecule has 1 rings (SSSR count). The minimum Gasteiger partial charge on any atom is -0.462 e. The van der Waals surface area contributed by atoms with E-state index in [1.165, 1.54) is 19.3 Å². The number of hydrogen-bond acceptors (Lipinski definition) is 3. The van der Waals surface area contributed by atoms with Crippen LogP contribution in [0.2, 0.25) is 0 Å². The van der Waals surface area contributed by atoms with Gasteiger partial charge in [-0.2, -0.15) is 0 Å². The lowest BCUT2D eigenvalue weighted by Crippen LogP contribution is -2.09. The maximum absolute atomic E-state index is 11.8. The van der Waals surface area contributed by atoms with Crippen LogP contribution in [-0.4, -0.2) is 12.6 Å². The molecule has 0 atom stereocenters. The van der Waals surface area contributed by atoms with Crippen molar-refractivity contribution in [1.29, 1.82) is 0 Å². The molecule has 0 amide bonds. The van der Waals surface area contributed by atoms with E-state index >= 15 is 0 Å². The molecule has 0 fully saturated rings. The second-order valence-corrected chi connectivity index (χ2v) is 5.11. The molecule has 0 heterocycles. The van der Waals surface area contributed by atoms with Gasteiger partial charge in [0.25, 0.3) is 0 Å². The fourth-order valence-corrected chi connectivity index (χ4v) is 2.03. The Morgan fingerprint density at radius 1 is 1.28 bits per heavy atom. The number of unbranched alkanes of at least 4 members (excludes halogenated alkanes) is 4. The highest BCUT2D eigenvalue weighted by molar-refractivity contribution is 9.10. The minimum atomic E-state index is -0.343. The van der Waals surface area contributed by atoms with Crippen molar-refractivity contribution in [1.82, 2.24) is 0 Å². The number of benzene rings is 1. The van der Waals surface area contributed by atoms with Crippen molar-refractivity contribution in [3.05, 3.63) is 28.2 Å². The number of carbonyl (C=O) groups excluding carboxylic acids is 1. The minimum absolute atomic E-state index is 0.343. The Kier molecular flexibility index (Phi) is 6.80. The van der Waals surface area contributed by atoms with Gasteiger partial charge in [0.05, 0.1) is 17.9 Å². The van der Waals surface area contributed by atoms with Gasteiger partial charge in [0.1, 0.15) is 0 Å². The number of para-hydroxylation sites is 1. The van der Waals surface area contributed by atoms with E-state index in [0.29, 0.717) is 17.9 Å². The molecule has 1 aromatic carbocycles. The number of halogens is 1. The molecular formula is C14H20BrNO2. The number of esters is 1. The predicted molar refractivity (Wildman–Crippen MR) is 77.6 cm³/mol. The van der Waals surface area contributed by atoms with Crippen LogP contribution in [0, 0.1) is 0 Å². The van der Waals surface area contributed by atoms with Crippen LogP contribution in [0.3, 0.4) is 0 Å². The molecule has 0 bridgehead atoms. The standard InChI is InChI=1S/C14H20BrNO2/c1-2-3-4-5-6-10-18-14(17)11-8-7-9-12(15)13(11)16/h7-9H,2-6,10,16H2,1H3. The molecule has 0 aromatic heterocycles. The molecule has 0 saturated carbocycles. The largest absolute Gasteiger partial charge is 0.462 e. The summed E-state index contributed by atoms with van der Waals surface area (Å²) >= 11 is 3.29. The summed E-state index contributed by atoms with van der Waals surface area (Å²) in [6.07, 6.45) is 5.68. The third-order valence-corrected chi connectivity index (χ3v) is 3.45. The van der Waals surface area contributed by atoms with E-state index in [-0.39, 0.29) is 5.97 Å². The maximum atomic E-state index is 11.8. The van der Waals surface area contributed by atoms with Gasteiger partial charge in [0.15, 0.2) is 0 Å². The zero-order valence-electron chi connectivity index (χ0n) is 10.7. The Hall–Kier alpha value is -1.03. The van der Waals surface area contributed by atoms with Gasteiger partial charge in [-0.15, -0.1) is 0 Å². The molecule has 0 aliphatic rings. The van der Waals surface area contributed by atoms with Crippen molar-refractivity contribution < 1.29 is 9.53 Å². The molecule has 2 N–H and O–H groups in total. The molecule has 0 aliphatic carbocycles. The number of hydrogen-bond donors (Lipinski definition) is 1. The molecule has 0 saturated heterocycles. The number of anilines is 1. The fraction of sp³-hybridized carbons (Fsp3) is 0.500. The van der Waals surface area contributed by atoms with Gasteiger partial charge in [0, 0.05) is 4.47 Å². The predicted octanol–water partition coefficient (Wildman–Crippen LogP) is 4.16. The van der Waals surface area contributed by atoms with Crippen molar-refractivity contribution >= 4 is 27.6 Å². The molecular weight excluding hydrogens is 294 g/mol. The van der Waals surface area contributed by atoms with Crippen LogP contribution in [0.1, 0.15) is 49.4 Å². The van der Waals surface area contributed by atoms with Gasteiger partial charge in [-0.25, -0.2) is 4.79 Å². The van der Waals surface area contributed by atoms with Crippen molar-refractivity contribution in [2.24, 2.45) is 0 Å². The summed E-state index contributed by atoms with van der Waals surface area (Å²) in [5.74, 6) is -0.343. The zero-order valence-corrected chi connectivity index (χ0v) is 12.3. The van der Waals surface area contributed by atoms with Crippen LogP contribution in [-0.2, 0) is 4.74 Å². The van der Waals surface area contributed by atoms with Crippen LogP contribution in [0.25, 0.3) is 0 Å². The van der Waals surface area contributed by atoms with E-state index in [2.05, 4.69) is 22.9 Å². The first kappa shape index (κ1) is 15.0. The van der Waals surface area contributed by atoms with Crippen molar-refractivity contribution in [2.45, 2.75) is 39.0 Å². The molecule has 0 radical (unpaired) electrons. The number of nitrogen functional groups attached to an aromatic ring is 1. The van der Waals surface area contributed by atoms with Gasteiger partial charge in [-0.1, -0.05) is 38.7 Å². The highest BCUT2D eigenvalue weighted by atomic mass is 79.9. The monoisotopic (exact) mass is 313 g/mol. The maximum Gasteiger partial charge on any atom is 0.340 e. The summed E-state index contributed by atoms with van der Waals surface area (Å²) in [6.45, 7) is 2.64. The molecule has 0 aliphatic heterocycles. The summed E-state index contributed by atoms with van der Waals surface area (Å²) in [4.78, 5) is 11.8. The average molecular weight is 314 g/mol. The molecule has 3 nitrogen and oxygen atoms in total.